The molecule has 0 aliphatic carbocycles. The van der Waals surface area contributed by atoms with E-state index in [4.69, 9.17) is 21.1 Å². The highest BCUT2D eigenvalue weighted by molar-refractivity contribution is 6.30. The Morgan fingerprint density at radius 1 is 1.00 bits per heavy atom. The van der Waals surface area contributed by atoms with Crippen LogP contribution in [0, 0.1) is 13.8 Å². The number of ketones is 1. The highest BCUT2D eigenvalue weighted by Crippen LogP contribution is 2.24. The number of para-hydroxylation sites is 1. The molecule has 0 radical (unpaired) electrons. The van der Waals surface area contributed by atoms with Gasteiger partial charge in [0, 0.05) is 27.7 Å². The first kappa shape index (κ1) is 19.7. The number of methoxy groups -OCH3 is 1. The van der Waals surface area contributed by atoms with Gasteiger partial charge in [-0.3, -0.25) is 4.79 Å². The maximum Gasteiger partial charge on any atom is 0.341 e. The summed E-state index contributed by atoms with van der Waals surface area (Å²) in [5.41, 5.74) is 3.52. The van der Waals surface area contributed by atoms with Gasteiger partial charge >= 0.3 is 5.97 Å². The number of ether oxygens (including phenoxy) is 2. The summed E-state index contributed by atoms with van der Waals surface area (Å²) >= 11 is 5.97. The third-order valence-electron chi connectivity index (χ3n) is 4.47. The van der Waals surface area contributed by atoms with E-state index in [2.05, 4.69) is 0 Å². The quantitative estimate of drug-likeness (QED) is 0.443. The molecular formula is C22H20ClNO4. The predicted octanol–water partition coefficient (Wildman–Crippen LogP) is 4.80. The molecule has 0 unspecified atom stereocenters. The molecule has 0 atom stereocenters. The zero-order valence-electron chi connectivity index (χ0n) is 15.9. The van der Waals surface area contributed by atoms with Crippen LogP contribution in [0.3, 0.4) is 0 Å². The molecule has 3 rings (SSSR count). The molecule has 0 bridgehead atoms. The maximum atomic E-state index is 12.8. The Kier molecular flexibility index (Phi) is 5.85. The number of hydrogen-bond acceptors (Lipinski definition) is 4. The molecule has 0 aliphatic rings. The van der Waals surface area contributed by atoms with Gasteiger partial charge in [-0.1, -0.05) is 23.7 Å². The smallest absolute Gasteiger partial charge is 0.341 e. The number of rotatable bonds is 6. The van der Waals surface area contributed by atoms with Gasteiger partial charge in [0.1, 0.15) is 11.3 Å². The van der Waals surface area contributed by atoms with Crippen molar-refractivity contribution in [2.75, 3.05) is 13.7 Å². The topological polar surface area (TPSA) is 57.5 Å². The van der Waals surface area contributed by atoms with Crippen molar-refractivity contribution >= 4 is 23.4 Å². The number of esters is 1. The second kappa shape index (κ2) is 8.31. The maximum absolute atomic E-state index is 12.8. The number of aryl methyl sites for hydroxylation is 1. The lowest BCUT2D eigenvalue weighted by Crippen LogP contribution is -2.14. The molecule has 28 heavy (non-hydrogen) atoms. The minimum absolute atomic E-state index is 0.173. The first-order chi connectivity index (χ1) is 13.4. The average molecular weight is 398 g/mol. The first-order valence-electron chi connectivity index (χ1n) is 8.70. The molecule has 3 aromatic rings. The second-order valence-electron chi connectivity index (χ2n) is 6.30. The van der Waals surface area contributed by atoms with Crippen molar-refractivity contribution < 1.29 is 19.1 Å². The molecule has 0 amide bonds. The van der Waals surface area contributed by atoms with E-state index in [9.17, 15) is 9.59 Å². The number of nitrogens with zero attached hydrogens (tertiary/aromatic N) is 1. The summed E-state index contributed by atoms with van der Waals surface area (Å²) in [4.78, 5) is 24.6. The normalized spacial score (nSPS) is 10.6. The Labute approximate surface area is 168 Å². The van der Waals surface area contributed by atoms with E-state index in [0.29, 0.717) is 16.3 Å². The Morgan fingerprint density at radius 3 is 2.36 bits per heavy atom. The zero-order valence-corrected chi connectivity index (χ0v) is 16.6. The second-order valence-corrected chi connectivity index (χ2v) is 6.73. The van der Waals surface area contributed by atoms with E-state index in [0.717, 1.165) is 17.1 Å². The van der Waals surface area contributed by atoms with E-state index >= 15 is 0 Å². The molecule has 2 aromatic carbocycles. The summed E-state index contributed by atoms with van der Waals surface area (Å²) in [5, 5.41) is 0.653. The van der Waals surface area contributed by atoms with Crippen molar-refractivity contribution in [2.45, 2.75) is 13.8 Å². The standard InChI is InChI=1S/C22H20ClNO4/c1-14-12-19(15(2)24(14)17-10-8-16(23)9-11-17)20(25)13-28-21-7-5-4-6-18(21)22(26)27-3/h4-12H,13H2,1-3H3. The predicted molar refractivity (Wildman–Crippen MR) is 108 cm³/mol. The summed E-state index contributed by atoms with van der Waals surface area (Å²) in [5.74, 6) is -0.369. The van der Waals surface area contributed by atoms with E-state index in [-0.39, 0.29) is 18.0 Å². The fourth-order valence-electron chi connectivity index (χ4n) is 3.12. The lowest BCUT2D eigenvalue weighted by atomic mass is 10.1. The summed E-state index contributed by atoms with van der Waals surface area (Å²) in [6, 6.07) is 15.9. The van der Waals surface area contributed by atoms with Crippen molar-refractivity contribution in [3.63, 3.8) is 0 Å². The number of hydrogen-bond donors (Lipinski definition) is 0. The minimum atomic E-state index is -0.510. The fourth-order valence-corrected chi connectivity index (χ4v) is 3.25. The molecule has 0 saturated carbocycles. The molecule has 0 saturated heterocycles. The molecule has 1 aromatic heterocycles. The number of carbonyl (C=O) groups excluding carboxylic acids is 2. The van der Waals surface area contributed by atoms with Crippen LogP contribution in [-0.2, 0) is 4.74 Å². The van der Waals surface area contributed by atoms with Gasteiger partial charge in [-0.2, -0.15) is 0 Å². The lowest BCUT2D eigenvalue weighted by Gasteiger charge is -2.11. The third kappa shape index (κ3) is 3.94. The Hall–Kier alpha value is -3.05. The fraction of sp³-hybridized carbons (Fsp3) is 0.182. The summed E-state index contributed by atoms with van der Waals surface area (Å²) in [6.45, 7) is 3.64. The number of halogens is 1. The van der Waals surface area contributed by atoms with Crippen LogP contribution in [-0.4, -0.2) is 30.0 Å². The van der Waals surface area contributed by atoms with E-state index in [1.165, 1.54) is 7.11 Å². The van der Waals surface area contributed by atoms with Gasteiger partial charge in [0.2, 0.25) is 5.78 Å². The van der Waals surface area contributed by atoms with Gasteiger partial charge < -0.3 is 14.0 Å². The summed E-state index contributed by atoms with van der Waals surface area (Å²) < 4.78 is 12.4. The van der Waals surface area contributed by atoms with Crippen molar-refractivity contribution in [1.29, 1.82) is 0 Å². The monoisotopic (exact) mass is 397 g/mol. The van der Waals surface area contributed by atoms with Crippen molar-refractivity contribution in [1.82, 2.24) is 4.57 Å². The first-order valence-corrected chi connectivity index (χ1v) is 9.08. The van der Waals surface area contributed by atoms with Crippen LogP contribution < -0.4 is 4.74 Å². The number of carbonyl (C=O) groups is 2. The average Bonchev–Trinajstić information content (AvgIpc) is 3.00. The van der Waals surface area contributed by atoms with Crippen LogP contribution in [0.1, 0.15) is 32.1 Å². The van der Waals surface area contributed by atoms with Crippen LogP contribution in [0.5, 0.6) is 5.75 Å². The SMILES string of the molecule is COC(=O)c1ccccc1OCC(=O)c1cc(C)n(-c2ccc(Cl)cc2)c1C. The van der Waals surface area contributed by atoms with Gasteiger partial charge in [0.05, 0.1) is 7.11 Å². The number of aromatic nitrogens is 1. The van der Waals surface area contributed by atoms with Crippen LogP contribution in [0.15, 0.2) is 54.6 Å². The van der Waals surface area contributed by atoms with Crippen molar-refractivity contribution in [3.05, 3.63) is 82.1 Å². The van der Waals surface area contributed by atoms with Gasteiger partial charge in [-0.15, -0.1) is 0 Å². The molecule has 0 spiro atoms. The zero-order chi connectivity index (χ0) is 20.3. The Morgan fingerprint density at radius 2 is 1.68 bits per heavy atom. The van der Waals surface area contributed by atoms with Crippen LogP contribution >= 0.6 is 11.6 Å². The van der Waals surface area contributed by atoms with Gasteiger partial charge in [-0.05, 0) is 56.3 Å². The van der Waals surface area contributed by atoms with Gasteiger partial charge in [-0.25, -0.2) is 4.79 Å². The largest absolute Gasteiger partial charge is 0.485 e. The number of benzene rings is 2. The molecule has 0 N–H and O–H groups in total. The summed E-state index contributed by atoms with van der Waals surface area (Å²) in [6.07, 6.45) is 0. The van der Waals surface area contributed by atoms with Crippen molar-refractivity contribution in [3.8, 4) is 11.4 Å². The van der Waals surface area contributed by atoms with Crippen LogP contribution in [0.4, 0.5) is 0 Å². The minimum Gasteiger partial charge on any atom is -0.485 e. The van der Waals surface area contributed by atoms with Gasteiger partial charge in [0.25, 0.3) is 0 Å². The Balaban J connectivity index is 1.82. The molecule has 6 heteroatoms. The highest BCUT2D eigenvalue weighted by Gasteiger charge is 2.19. The molecule has 144 valence electrons. The summed E-state index contributed by atoms with van der Waals surface area (Å²) in [7, 11) is 1.30. The van der Waals surface area contributed by atoms with E-state index < -0.39 is 5.97 Å². The van der Waals surface area contributed by atoms with Crippen LogP contribution in [0.2, 0.25) is 5.02 Å². The Bertz CT molecular complexity index is 1020. The van der Waals surface area contributed by atoms with E-state index in [1.807, 2.05) is 48.7 Å². The van der Waals surface area contributed by atoms with Crippen LogP contribution in [0.25, 0.3) is 5.69 Å². The molecular weight excluding hydrogens is 378 g/mol. The lowest BCUT2D eigenvalue weighted by molar-refractivity contribution is 0.0594. The number of Topliss-reactive ketones (excluding diaryl/α,β-unsaturated/α-hetero) is 1. The molecule has 0 aliphatic heterocycles. The van der Waals surface area contributed by atoms with Crippen molar-refractivity contribution in [2.24, 2.45) is 0 Å². The molecule has 0 fully saturated rings. The highest BCUT2D eigenvalue weighted by atomic mass is 35.5. The molecule has 5 nitrogen and oxygen atoms in total. The molecule has 1 heterocycles. The third-order valence-corrected chi connectivity index (χ3v) is 4.72. The van der Waals surface area contributed by atoms with E-state index in [1.54, 1.807) is 24.3 Å². The van der Waals surface area contributed by atoms with Gasteiger partial charge in [0.15, 0.2) is 6.61 Å².